The number of nitrogens with zero attached hydrogens (tertiary/aromatic N) is 1. The van der Waals surface area contributed by atoms with Crippen LogP contribution in [-0.2, 0) is 14.3 Å². The van der Waals surface area contributed by atoms with Crippen LogP contribution in [0.1, 0.15) is 26.7 Å². The smallest absolute Gasteiger partial charge is 0.333 e. The van der Waals surface area contributed by atoms with Crippen molar-refractivity contribution in [3.8, 4) is 0 Å². The van der Waals surface area contributed by atoms with Crippen LogP contribution in [0.15, 0.2) is 11.6 Å². The standard InChI is InChI=1S/C13H23NO3/c1-4-17-12-6-5-8-14(10-12)9-7-11(2)13(15)16-3/h7,12H,4-6,8-10H2,1-3H3. The normalized spacial score (nSPS) is 22.5. The molecule has 1 aliphatic heterocycles. The van der Waals surface area contributed by atoms with Gasteiger partial charge in [-0.1, -0.05) is 6.08 Å². The zero-order valence-electron chi connectivity index (χ0n) is 11.1. The van der Waals surface area contributed by atoms with E-state index in [0.717, 1.165) is 39.1 Å². The van der Waals surface area contributed by atoms with Crippen molar-refractivity contribution >= 4 is 5.97 Å². The van der Waals surface area contributed by atoms with Gasteiger partial charge in [-0.2, -0.15) is 0 Å². The van der Waals surface area contributed by atoms with Crippen molar-refractivity contribution in [1.29, 1.82) is 0 Å². The lowest BCUT2D eigenvalue weighted by Gasteiger charge is -2.31. The topological polar surface area (TPSA) is 38.8 Å². The summed E-state index contributed by atoms with van der Waals surface area (Å²) < 4.78 is 10.3. The van der Waals surface area contributed by atoms with Gasteiger partial charge in [0.05, 0.1) is 13.2 Å². The van der Waals surface area contributed by atoms with Crippen LogP contribution >= 0.6 is 0 Å². The van der Waals surface area contributed by atoms with Gasteiger partial charge in [-0.15, -0.1) is 0 Å². The molecule has 0 bridgehead atoms. The van der Waals surface area contributed by atoms with E-state index in [-0.39, 0.29) is 5.97 Å². The third-order valence-electron chi connectivity index (χ3n) is 3.03. The highest BCUT2D eigenvalue weighted by molar-refractivity contribution is 5.87. The molecule has 0 spiro atoms. The molecule has 4 nitrogen and oxygen atoms in total. The van der Waals surface area contributed by atoms with Crippen molar-refractivity contribution in [2.24, 2.45) is 0 Å². The Hall–Kier alpha value is -0.870. The maximum absolute atomic E-state index is 11.2. The number of ether oxygens (including phenoxy) is 2. The summed E-state index contributed by atoms with van der Waals surface area (Å²) in [6.07, 6.45) is 4.58. The molecule has 17 heavy (non-hydrogen) atoms. The molecule has 1 rings (SSSR count). The third-order valence-corrected chi connectivity index (χ3v) is 3.03. The molecule has 1 atom stereocenters. The number of carbonyl (C=O) groups excluding carboxylic acids is 1. The minimum Gasteiger partial charge on any atom is -0.466 e. The van der Waals surface area contributed by atoms with E-state index in [0.29, 0.717) is 11.7 Å². The van der Waals surface area contributed by atoms with E-state index in [2.05, 4.69) is 9.64 Å². The van der Waals surface area contributed by atoms with Crippen LogP contribution in [-0.4, -0.2) is 50.3 Å². The van der Waals surface area contributed by atoms with Crippen LogP contribution in [0.3, 0.4) is 0 Å². The van der Waals surface area contributed by atoms with Gasteiger partial charge < -0.3 is 9.47 Å². The highest BCUT2D eigenvalue weighted by Crippen LogP contribution is 2.13. The first-order valence-electron chi connectivity index (χ1n) is 6.26. The molecule has 1 unspecified atom stereocenters. The van der Waals surface area contributed by atoms with Gasteiger partial charge in [0.15, 0.2) is 0 Å². The Labute approximate surface area is 104 Å². The minimum absolute atomic E-state index is 0.247. The predicted molar refractivity (Wildman–Crippen MR) is 66.9 cm³/mol. The van der Waals surface area contributed by atoms with Gasteiger partial charge in [-0.05, 0) is 33.2 Å². The molecule has 0 saturated carbocycles. The average molecular weight is 241 g/mol. The summed E-state index contributed by atoms with van der Waals surface area (Å²) in [5.74, 6) is -0.247. The Kier molecular flexibility index (Phi) is 6.22. The van der Waals surface area contributed by atoms with E-state index >= 15 is 0 Å². The molecule has 1 aliphatic rings. The van der Waals surface area contributed by atoms with E-state index in [1.165, 1.54) is 7.11 Å². The Balaban J connectivity index is 2.38. The fourth-order valence-electron chi connectivity index (χ4n) is 2.06. The minimum atomic E-state index is -0.247. The van der Waals surface area contributed by atoms with Gasteiger partial charge in [0.2, 0.25) is 0 Å². The summed E-state index contributed by atoms with van der Waals surface area (Å²) in [6.45, 7) is 7.42. The lowest BCUT2D eigenvalue weighted by atomic mass is 10.1. The number of piperidine rings is 1. The lowest BCUT2D eigenvalue weighted by molar-refractivity contribution is -0.136. The Morgan fingerprint density at radius 2 is 2.29 bits per heavy atom. The summed E-state index contributed by atoms with van der Waals surface area (Å²) in [6, 6.07) is 0. The molecule has 0 aromatic heterocycles. The van der Waals surface area contributed by atoms with Crippen molar-refractivity contribution in [2.75, 3.05) is 33.4 Å². The summed E-state index contributed by atoms with van der Waals surface area (Å²) in [7, 11) is 1.41. The molecule has 0 radical (unpaired) electrons. The van der Waals surface area contributed by atoms with Crippen LogP contribution in [0.4, 0.5) is 0 Å². The van der Waals surface area contributed by atoms with Crippen LogP contribution in [0.5, 0.6) is 0 Å². The number of hydrogen-bond donors (Lipinski definition) is 0. The van der Waals surface area contributed by atoms with Crippen molar-refractivity contribution in [3.63, 3.8) is 0 Å². The number of rotatable bonds is 5. The summed E-state index contributed by atoms with van der Waals surface area (Å²) in [5, 5.41) is 0. The molecule has 4 heteroatoms. The Bertz CT molecular complexity index is 274. The number of esters is 1. The first-order chi connectivity index (χ1) is 8.17. The van der Waals surface area contributed by atoms with Crippen LogP contribution in [0.25, 0.3) is 0 Å². The maximum atomic E-state index is 11.2. The van der Waals surface area contributed by atoms with Crippen LogP contribution < -0.4 is 0 Å². The van der Waals surface area contributed by atoms with E-state index in [1.807, 2.05) is 13.0 Å². The summed E-state index contributed by atoms with van der Waals surface area (Å²) in [4.78, 5) is 13.5. The van der Waals surface area contributed by atoms with Crippen molar-refractivity contribution in [2.45, 2.75) is 32.8 Å². The lowest BCUT2D eigenvalue weighted by Crippen LogP contribution is -2.39. The zero-order valence-corrected chi connectivity index (χ0v) is 11.1. The monoisotopic (exact) mass is 241 g/mol. The summed E-state index contributed by atoms with van der Waals surface area (Å²) in [5.41, 5.74) is 0.672. The van der Waals surface area contributed by atoms with Gasteiger partial charge in [-0.3, -0.25) is 4.90 Å². The molecule has 1 saturated heterocycles. The molecule has 0 aromatic carbocycles. The summed E-state index contributed by atoms with van der Waals surface area (Å²) >= 11 is 0. The van der Waals surface area contributed by atoms with Gasteiger partial charge in [0.1, 0.15) is 0 Å². The van der Waals surface area contributed by atoms with E-state index < -0.39 is 0 Å². The van der Waals surface area contributed by atoms with E-state index in [4.69, 9.17) is 4.74 Å². The molecule has 0 amide bonds. The molecule has 0 N–H and O–H groups in total. The second kappa shape index (κ2) is 7.45. The van der Waals surface area contributed by atoms with Gasteiger partial charge in [0.25, 0.3) is 0 Å². The largest absolute Gasteiger partial charge is 0.466 e. The quantitative estimate of drug-likeness (QED) is 0.541. The third kappa shape index (κ3) is 4.88. The molecule has 1 heterocycles. The van der Waals surface area contributed by atoms with Crippen molar-refractivity contribution in [3.05, 3.63) is 11.6 Å². The molecule has 0 aromatic rings. The Morgan fingerprint density at radius 3 is 2.94 bits per heavy atom. The molecular weight excluding hydrogens is 218 g/mol. The highest BCUT2D eigenvalue weighted by atomic mass is 16.5. The van der Waals surface area contributed by atoms with Crippen LogP contribution in [0, 0.1) is 0 Å². The van der Waals surface area contributed by atoms with E-state index in [1.54, 1.807) is 6.92 Å². The number of carbonyl (C=O) groups is 1. The first-order valence-corrected chi connectivity index (χ1v) is 6.26. The van der Waals surface area contributed by atoms with Crippen molar-refractivity contribution < 1.29 is 14.3 Å². The fourth-order valence-corrected chi connectivity index (χ4v) is 2.06. The molecule has 0 aliphatic carbocycles. The highest BCUT2D eigenvalue weighted by Gasteiger charge is 2.19. The second-order valence-corrected chi connectivity index (χ2v) is 4.36. The average Bonchev–Trinajstić information content (AvgIpc) is 2.36. The first kappa shape index (κ1) is 14.2. The van der Waals surface area contributed by atoms with E-state index in [9.17, 15) is 4.79 Å². The predicted octanol–water partition coefficient (Wildman–Crippen LogP) is 1.61. The molecule has 1 fully saturated rings. The maximum Gasteiger partial charge on any atom is 0.333 e. The fraction of sp³-hybridized carbons (Fsp3) is 0.769. The van der Waals surface area contributed by atoms with Crippen LogP contribution in [0.2, 0.25) is 0 Å². The number of likely N-dealkylation sites (tertiary alicyclic amines) is 1. The number of methoxy groups -OCH3 is 1. The van der Waals surface area contributed by atoms with Gasteiger partial charge >= 0.3 is 5.97 Å². The second-order valence-electron chi connectivity index (χ2n) is 4.36. The Morgan fingerprint density at radius 1 is 1.53 bits per heavy atom. The number of hydrogen-bond acceptors (Lipinski definition) is 4. The van der Waals surface area contributed by atoms with Gasteiger partial charge in [0, 0.05) is 25.3 Å². The molecular formula is C13H23NO3. The van der Waals surface area contributed by atoms with Gasteiger partial charge in [-0.25, -0.2) is 4.79 Å². The molecule has 98 valence electrons. The zero-order chi connectivity index (χ0) is 12.7. The van der Waals surface area contributed by atoms with Crippen molar-refractivity contribution in [1.82, 2.24) is 4.90 Å². The SMILES string of the molecule is CCOC1CCCN(CC=C(C)C(=O)OC)C1.